The molecule has 2 atom stereocenters. The van der Waals surface area contributed by atoms with E-state index in [4.69, 9.17) is 0 Å². The summed E-state index contributed by atoms with van der Waals surface area (Å²) in [5, 5.41) is 0. The predicted octanol–water partition coefficient (Wildman–Crippen LogP) is 6.88. The molecule has 0 amide bonds. The van der Waals surface area contributed by atoms with Crippen molar-refractivity contribution in [2.24, 2.45) is 0 Å². The van der Waals surface area contributed by atoms with Gasteiger partial charge in [-0.25, -0.2) is 0 Å². The standard InChI is InChI=1S/C26H28BrN/c1-19-13-16-26(27)25-17-23(14-15-24(19)25)28(18-21-9-5-3-6-10-21)20(2)22-11-7-4-8-12-22/h3-13,16,20,23H,14-15,17-18H2,1-2H3/t20-,23+/m0/s1. The van der Waals surface area contributed by atoms with Crippen LogP contribution in [-0.4, -0.2) is 10.9 Å². The zero-order valence-electron chi connectivity index (χ0n) is 16.7. The highest BCUT2D eigenvalue weighted by Gasteiger charge is 2.29. The van der Waals surface area contributed by atoms with Crippen LogP contribution in [0.25, 0.3) is 0 Å². The molecule has 1 aliphatic rings. The number of halogens is 1. The molecule has 0 aromatic heterocycles. The number of benzene rings is 3. The molecule has 3 aromatic rings. The molecule has 0 saturated carbocycles. The normalized spacial score (nSPS) is 17.4. The molecule has 4 rings (SSSR count). The molecule has 0 N–H and O–H groups in total. The number of hydrogen-bond acceptors (Lipinski definition) is 1. The lowest BCUT2D eigenvalue weighted by molar-refractivity contribution is 0.121. The third kappa shape index (κ3) is 4.09. The lowest BCUT2D eigenvalue weighted by atomic mass is 9.84. The Kier molecular flexibility index (Phi) is 5.99. The Morgan fingerprint density at radius 2 is 1.61 bits per heavy atom. The van der Waals surface area contributed by atoms with E-state index in [9.17, 15) is 0 Å². The van der Waals surface area contributed by atoms with E-state index in [1.807, 2.05) is 0 Å². The zero-order chi connectivity index (χ0) is 19.5. The van der Waals surface area contributed by atoms with Gasteiger partial charge in [0.1, 0.15) is 0 Å². The van der Waals surface area contributed by atoms with Crippen LogP contribution in [0, 0.1) is 6.92 Å². The van der Waals surface area contributed by atoms with Crippen molar-refractivity contribution in [3.63, 3.8) is 0 Å². The number of nitrogens with zero attached hydrogens (tertiary/aromatic N) is 1. The zero-order valence-corrected chi connectivity index (χ0v) is 18.3. The molecule has 2 heteroatoms. The van der Waals surface area contributed by atoms with Crippen molar-refractivity contribution in [3.8, 4) is 0 Å². The van der Waals surface area contributed by atoms with E-state index in [-0.39, 0.29) is 0 Å². The monoisotopic (exact) mass is 433 g/mol. The first-order valence-corrected chi connectivity index (χ1v) is 11.0. The quantitative estimate of drug-likeness (QED) is 0.423. The molecular weight excluding hydrogens is 406 g/mol. The number of fused-ring (bicyclic) bond motifs is 1. The van der Waals surface area contributed by atoms with Crippen molar-refractivity contribution >= 4 is 15.9 Å². The molecule has 28 heavy (non-hydrogen) atoms. The largest absolute Gasteiger partial charge is 0.289 e. The lowest BCUT2D eigenvalue weighted by Gasteiger charge is -2.40. The molecule has 0 fully saturated rings. The van der Waals surface area contributed by atoms with E-state index in [2.05, 4.69) is 107 Å². The van der Waals surface area contributed by atoms with Crippen LogP contribution in [0.3, 0.4) is 0 Å². The second-order valence-electron chi connectivity index (χ2n) is 7.96. The van der Waals surface area contributed by atoms with Crippen LogP contribution >= 0.6 is 15.9 Å². The highest BCUT2D eigenvalue weighted by Crippen LogP contribution is 2.36. The van der Waals surface area contributed by atoms with Crippen LogP contribution in [0.15, 0.2) is 77.3 Å². The van der Waals surface area contributed by atoms with Crippen LogP contribution < -0.4 is 0 Å². The topological polar surface area (TPSA) is 3.24 Å². The number of hydrogen-bond donors (Lipinski definition) is 0. The second kappa shape index (κ2) is 8.63. The maximum absolute atomic E-state index is 3.82. The van der Waals surface area contributed by atoms with Crippen LogP contribution in [0.5, 0.6) is 0 Å². The summed E-state index contributed by atoms with van der Waals surface area (Å²) in [5.74, 6) is 0. The van der Waals surface area contributed by atoms with Gasteiger partial charge in [0, 0.05) is 23.1 Å². The highest BCUT2D eigenvalue weighted by atomic mass is 79.9. The molecule has 0 spiro atoms. The summed E-state index contributed by atoms with van der Waals surface area (Å²) in [4.78, 5) is 2.71. The van der Waals surface area contributed by atoms with Crippen molar-refractivity contribution in [1.82, 2.24) is 4.90 Å². The van der Waals surface area contributed by atoms with Gasteiger partial charge >= 0.3 is 0 Å². The van der Waals surface area contributed by atoms with Gasteiger partial charge in [-0.3, -0.25) is 4.90 Å². The Morgan fingerprint density at radius 3 is 2.32 bits per heavy atom. The summed E-state index contributed by atoms with van der Waals surface area (Å²) in [6.07, 6.45) is 3.49. The summed E-state index contributed by atoms with van der Waals surface area (Å²) in [5.41, 5.74) is 7.28. The molecule has 0 bridgehead atoms. The minimum absolute atomic E-state index is 0.386. The second-order valence-corrected chi connectivity index (χ2v) is 8.82. The average molecular weight is 434 g/mol. The van der Waals surface area contributed by atoms with E-state index in [0.717, 1.165) is 19.4 Å². The van der Waals surface area contributed by atoms with Crippen LogP contribution in [0.4, 0.5) is 0 Å². The first-order chi connectivity index (χ1) is 13.6. The summed E-state index contributed by atoms with van der Waals surface area (Å²) in [6.45, 7) is 5.60. The van der Waals surface area contributed by atoms with Gasteiger partial charge in [0.15, 0.2) is 0 Å². The summed E-state index contributed by atoms with van der Waals surface area (Å²) < 4.78 is 1.27. The molecular formula is C26H28BrN. The minimum Gasteiger partial charge on any atom is -0.289 e. The SMILES string of the molecule is Cc1ccc(Br)c2c1CC[C@@H](N(Cc1ccccc1)[C@@H](C)c1ccccc1)C2. The van der Waals surface area contributed by atoms with Crippen molar-refractivity contribution in [2.45, 2.75) is 51.7 Å². The molecule has 0 unspecified atom stereocenters. The van der Waals surface area contributed by atoms with Crippen LogP contribution in [-0.2, 0) is 19.4 Å². The van der Waals surface area contributed by atoms with Crippen LogP contribution in [0.2, 0.25) is 0 Å². The summed E-state index contributed by atoms with van der Waals surface area (Å²) in [6, 6.07) is 27.2. The molecule has 1 aliphatic carbocycles. The smallest absolute Gasteiger partial charge is 0.0326 e. The Labute approximate surface area is 177 Å². The van der Waals surface area contributed by atoms with Gasteiger partial charge in [-0.05, 0) is 67.0 Å². The molecule has 3 aromatic carbocycles. The van der Waals surface area contributed by atoms with E-state index < -0.39 is 0 Å². The number of aryl methyl sites for hydroxylation is 1. The Hall–Kier alpha value is -1.90. The Morgan fingerprint density at radius 1 is 0.929 bits per heavy atom. The molecule has 0 aliphatic heterocycles. The van der Waals surface area contributed by atoms with Gasteiger partial charge in [0.05, 0.1) is 0 Å². The first-order valence-electron chi connectivity index (χ1n) is 10.2. The minimum atomic E-state index is 0.386. The van der Waals surface area contributed by atoms with Crippen molar-refractivity contribution in [3.05, 3.63) is 105 Å². The van der Waals surface area contributed by atoms with E-state index >= 15 is 0 Å². The van der Waals surface area contributed by atoms with Crippen molar-refractivity contribution in [1.29, 1.82) is 0 Å². The lowest BCUT2D eigenvalue weighted by Crippen LogP contribution is -2.40. The molecule has 1 nitrogen and oxygen atoms in total. The van der Waals surface area contributed by atoms with E-state index in [0.29, 0.717) is 12.1 Å². The Bertz CT molecular complexity index is 920. The molecule has 144 valence electrons. The Balaban J connectivity index is 1.66. The first kappa shape index (κ1) is 19.4. The third-order valence-electron chi connectivity index (χ3n) is 6.23. The summed E-state index contributed by atoms with van der Waals surface area (Å²) >= 11 is 3.82. The van der Waals surface area contributed by atoms with E-state index in [1.165, 1.54) is 33.1 Å². The maximum atomic E-state index is 3.82. The predicted molar refractivity (Wildman–Crippen MR) is 122 cm³/mol. The summed E-state index contributed by atoms with van der Waals surface area (Å²) in [7, 11) is 0. The van der Waals surface area contributed by atoms with E-state index in [1.54, 1.807) is 5.56 Å². The maximum Gasteiger partial charge on any atom is 0.0326 e. The average Bonchev–Trinajstić information content (AvgIpc) is 2.75. The van der Waals surface area contributed by atoms with Crippen molar-refractivity contribution in [2.75, 3.05) is 0 Å². The molecule has 0 radical (unpaired) electrons. The molecule has 0 saturated heterocycles. The van der Waals surface area contributed by atoms with Gasteiger partial charge < -0.3 is 0 Å². The highest BCUT2D eigenvalue weighted by molar-refractivity contribution is 9.10. The van der Waals surface area contributed by atoms with Crippen LogP contribution in [0.1, 0.15) is 47.2 Å². The van der Waals surface area contributed by atoms with Crippen molar-refractivity contribution < 1.29 is 0 Å². The van der Waals surface area contributed by atoms with Gasteiger partial charge in [-0.1, -0.05) is 82.7 Å². The fraction of sp³-hybridized carbons (Fsp3) is 0.308. The fourth-order valence-corrected chi connectivity index (χ4v) is 5.11. The van der Waals surface area contributed by atoms with Gasteiger partial charge in [0.2, 0.25) is 0 Å². The third-order valence-corrected chi connectivity index (χ3v) is 6.97. The van der Waals surface area contributed by atoms with Gasteiger partial charge in [-0.15, -0.1) is 0 Å². The molecule has 0 heterocycles. The fourth-order valence-electron chi connectivity index (χ4n) is 4.58. The number of rotatable bonds is 5. The van der Waals surface area contributed by atoms with Gasteiger partial charge in [0.25, 0.3) is 0 Å². The van der Waals surface area contributed by atoms with Gasteiger partial charge in [-0.2, -0.15) is 0 Å².